The zero-order valence-electron chi connectivity index (χ0n) is 8.91. The van der Waals surface area contributed by atoms with Gasteiger partial charge in [0.25, 0.3) is 0 Å². The second-order valence-corrected chi connectivity index (χ2v) is 3.44. The predicted octanol–water partition coefficient (Wildman–Crippen LogP) is 1.52. The van der Waals surface area contributed by atoms with Crippen molar-refractivity contribution >= 4 is 5.65 Å². The Morgan fingerprint density at radius 3 is 2.94 bits per heavy atom. The van der Waals surface area contributed by atoms with Crippen LogP contribution in [0.15, 0.2) is 49.1 Å². The van der Waals surface area contributed by atoms with Crippen molar-refractivity contribution in [3.8, 4) is 11.8 Å². The Morgan fingerprint density at radius 2 is 2.06 bits per heavy atom. The van der Waals surface area contributed by atoms with Gasteiger partial charge in [-0.2, -0.15) is 5.10 Å². The quantitative estimate of drug-likeness (QED) is 0.539. The summed E-state index contributed by atoms with van der Waals surface area (Å²) < 4.78 is 1.70. The molecule has 0 N–H and O–H groups in total. The fraction of sp³-hybridized carbons (Fsp3) is 0. The van der Waals surface area contributed by atoms with Crippen molar-refractivity contribution in [2.45, 2.75) is 0 Å². The monoisotopic (exact) mass is 220 g/mol. The van der Waals surface area contributed by atoms with Gasteiger partial charge in [-0.05, 0) is 24.1 Å². The minimum absolute atomic E-state index is 0.724. The molecule has 0 aliphatic rings. The largest absolute Gasteiger partial charge is 0.263 e. The van der Waals surface area contributed by atoms with Crippen LogP contribution < -0.4 is 0 Å². The first-order valence-corrected chi connectivity index (χ1v) is 5.14. The van der Waals surface area contributed by atoms with Crippen molar-refractivity contribution in [3.05, 3.63) is 60.3 Å². The SMILES string of the molecule is C(#Cc1ccn2nccc2n1)c1cccnc1. The second kappa shape index (κ2) is 4.06. The topological polar surface area (TPSA) is 43.1 Å². The summed E-state index contributed by atoms with van der Waals surface area (Å²) in [6.45, 7) is 0. The minimum atomic E-state index is 0.724. The summed E-state index contributed by atoms with van der Waals surface area (Å²) >= 11 is 0. The summed E-state index contributed by atoms with van der Waals surface area (Å²) in [6.07, 6.45) is 7.00. The highest BCUT2D eigenvalue weighted by Gasteiger charge is 1.94. The Morgan fingerprint density at radius 1 is 1.06 bits per heavy atom. The average Bonchev–Trinajstić information content (AvgIpc) is 2.85. The maximum atomic E-state index is 4.36. The highest BCUT2D eigenvalue weighted by atomic mass is 15.2. The molecule has 17 heavy (non-hydrogen) atoms. The minimum Gasteiger partial charge on any atom is -0.263 e. The van der Waals surface area contributed by atoms with Crippen LogP contribution in [0.1, 0.15) is 11.3 Å². The van der Waals surface area contributed by atoms with E-state index >= 15 is 0 Å². The lowest BCUT2D eigenvalue weighted by Gasteiger charge is -1.92. The molecule has 3 aromatic rings. The lowest BCUT2D eigenvalue weighted by molar-refractivity contribution is 0.936. The van der Waals surface area contributed by atoms with Crippen LogP contribution in [0, 0.1) is 11.8 Å². The number of nitrogens with zero attached hydrogens (tertiary/aromatic N) is 4. The first-order chi connectivity index (χ1) is 8.42. The summed E-state index contributed by atoms with van der Waals surface area (Å²) in [5, 5.41) is 4.07. The van der Waals surface area contributed by atoms with E-state index in [1.807, 2.05) is 30.5 Å². The molecule has 0 aromatic carbocycles. The summed E-state index contributed by atoms with van der Waals surface area (Å²) in [7, 11) is 0. The van der Waals surface area contributed by atoms with Gasteiger partial charge in [0.15, 0.2) is 5.65 Å². The third-order valence-electron chi connectivity index (χ3n) is 2.25. The molecule has 4 nitrogen and oxygen atoms in total. The molecular formula is C13H8N4. The molecule has 0 unspecified atom stereocenters. The molecular weight excluding hydrogens is 212 g/mol. The molecule has 0 aliphatic carbocycles. The zero-order valence-corrected chi connectivity index (χ0v) is 8.91. The van der Waals surface area contributed by atoms with Crippen LogP contribution in [0.4, 0.5) is 0 Å². The first-order valence-electron chi connectivity index (χ1n) is 5.14. The molecule has 0 aliphatic heterocycles. The van der Waals surface area contributed by atoms with Crippen LogP contribution in [-0.4, -0.2) is 19.6 Å². The molecule has 0 radical (unpaired) electrons. The van der Waals surface area contributed by atoms with Crippen LogP contribution in [-0.2, 0) is 0 Å². The maximum Gasteiger partial charge on any atom is 0.156 e. The van der Waals surface area contributed by atoms with Crippen molar-refractivity contribution in [3.63, 3.8) is 0 Å². The van der Waals surface area contributed by atoms with Crippen molar-refractivity contribution in [1.29, 1.82) is 0 Å². The highest BCUT2D eigenvalue weighted by molar-refractivity contribution is 5.43. The van der Waals surface area contributed by atoms with Crippen LogP contribution in [0.2, 0.25) is 0 Å². The molecule has 0 atom stereocenters. The second-order valence-electron chi connectivity index (χ2n) is 3.44. The standard InChI is InChI=1S/C13H8N4/c1-2-11(10-14-7-1)3-4-12-6-9-17-13(16-12)5-8-15-17/h1-2,5-10H. The van der Waals surface area contributed by atoms with Crippen molar-refractivity contribution < 1.29 is 0 Å². The van der Waals surface area contributed by atoms with Gasteiger partial charge in [0.1, 0.15) is 5.69 Å². The molecule has 3 heterocycles. The van der Waals surface area contributed by atoms with E-state index < -0.39 is 0 Å². The fourth-order valence-corrected chi connectivity index (χ4v) is 1.46. The van der Waals surface area contributed by atoms with Crippen LogP contribution in [0.25, 0.3) is 5.65 Å². The lowest BCUT2D eigenvalue weighted by atomic mass is 10.3. The third kappa shape index (κ3) is 1.99. The number of aromatic nitrogens is 4. The van der Waals surface area contributed by atoms with Crippen molar-refractivity contribution in [1.82, 2.24) is 19.6 Å². The third-order valence-corrected chi connectivity index (χ3v) is 2.25. The van der Waals surface area contributed by atoms with Crippen LogP contribution in [0.3, 0.4) is 0 Å². The number of pyridine rings is 1. The van der Waals surface area contributed by atoms with Gasteiger partial charge in [0, 0.05) is 30.2 Å². The van der Waals surface area contributed by atoms with E-state index in [-0.39, 0.29) is 0 Å². The molecule has 0 spiro atoms. The molecule has 0 saturated carbocycles. The van der Waals surface area contributed by atoms with E-state index in [9.17, 15) is 0 Å². The number of hydrogen-bond donors (Lipinski definition) is 0. The molecule has 4 heteroatoms. The van der Waals surface area contributed by atoms with Gasteiger partial charge < -0.3 is 0 Å². The zero-order chi connectivity index (χ0) is 11.5. The molecule has 0 fully saturated rings. The van der Waals surface area contributed by atoms with Gasteiger partial charge in [-0.25, -0.2) is 9.50 Å². The number of rotatable bonds is 0. The first kappa shape index (κ1) is 9.55. The number of hydrogen-bond acceptors (Lipinski definition) is 3. The molecule has 0 bridgehead atoms. The van der Waals surface area contributed by atoms with Crippen molar-refractivity contribution in [2.75, 3.05) is 0 Å². The van der Waals surface area contributed by atoms with E-state index in [1.54, 1.807) is 23.1 Å². The fourth-order valence-electron chi connectivity index (χ4n) is 1.46. The summed E-state index contributed by atoms with van der Waals surface area (Å²) in [5.41, 5.74) is 2.40. The van der Waals surface area contributed by atoms with Gasteiger partial charge in [-0.15, -0.1) is 0 Å². The van der Waals surface area contributed by atoms with Gasteiger partial charge in [0.05, 0.1) is 6.20 Å². The Kier molecular flexibility index (Phi) is 2.28. The predicted molar refractivity (Wildman–Crippen MR) is 63.2 cm³/mol. The van der Waals surface area contributed by atoms with Gasteiger partial charge in [0.2, 0.25) is 0 Å². The maximum absolute atomic E-state index is 4.36. The normalized spacial score (nSPS) is 9.88. The molecule has 80 valence electrons. The van der Waals surface area contributed by atoms with E-state index in [1.165, 1.54) is 0 Å². The summed E-state index contributed by atoms with van der Waals surface area (Å²) in [4.78, 5) is 8.36. The van der Waals surface area contributed by atoms with E-state index in [2.05, 4.69) is 26.9 Å². The average molecular weight is 220 g/mol. The van der Waals surface area contributed by atoms with Crippen molar-refractivity contribution in [2.24, 2.45) is 0 Å². The Balaban J connectivity index is 1.97. The van der Waals surface area contributed by atoms with Crippen LogP contribution in [0.5, 0.6) is 0 Å². The molecule has 0 amide bonds. The van der Waals surface area contributed by atoms with Gasteiger partial charge >= 0.3 is 0 Å². The van der Waals surface area contributed by atoms with Crippen LogP contribution >= 0.6 is 0 Å². The van der Waals surface area contributed by atoms with E-state index in [0.717, 1.165) is 16.9 Å². The Hall–Kier alpha value is -2.67. The smallest absolute Gasteiger partial charge is 0.156 e. The highest BCUT2D eigenvalue weighted by Crippen LogP contribution is 2.00. The molecule has 3 aromatic heterocycles. The Bertz CT molecular complexity index is 704. The lowest BCUT2D eigenvalue weighted by Crippen LogP contribution is -1.91. The Labute approximate surface area is 98.0 Å². The summed E-state index contributed by atoms with van der Waals surface area (Å²) in [6, 6.07) is 7.45. The summed E-state index contributed by atoms with van der Waals surface area (Å²) in [5.74, 6) is 6.01. The molecule has 3 rings (SSSR count). The van der Waals surface area contributed by atoms with Gasteiger partial charge in [-0.3, -0.25) is 4.98 Å². The van der Waals surface area contributed by atoms with Gasteiger partial charge in [-0.1, -0.05) is 5.92 Å². The molecule has 0 saturated heterocycles. The van der Waals surface area contributed by atoms with E-state index in [4.69, 9.17) is 0 Å². The number of fused-ring (bicyclic) bond motifs is 1. The van der Waals surface area contributed by atoms with E-state index in [0.29, 0.717) is 0 Å².